The van der Waals surface area contributed by atoms with Crippen molar-refractivity contribution in [2.24, 2.45) is 5.92 Å². The van der Waals surface area contributed by atoms with E-state index < -0.39 is 0 Å². The molecule has 0 unspecified atom stereocenters. The van der Waals surface area contributed by atoms with Gasteiger partial charge in [0.05, 0.1) is 6.20 Å². The molecule has 3 heterocycles. The van der Waals surface area contributed by atoms with Gasteiger partial charge in [0, 0.05) is 43.6 Å². The average molecular weight is 393 g/mol. The fourth-order valence-corrected chi connectivity index (χ4v) is 4.48. The van der Waals surface area contributed by atoms with Crippen LogP contribution in [-0.4, -0.2) is 46.1 Å². The van der Waals surface area contributed by atoms with Gasteiger partial charge in [0.2, 0.25) is 5.91 Å². The molecule has 0 bridgehead atoms. The van der Waals surface area contributed by atoms with Crippen LogP contribution in [0.1, 0.15) is 40.7 Å². The number of aryl methyl sites for hydroxylation is 1. The van der Waals surface area contributed by atoms with Crippen molar-refractivity contribution in [1.29, 1.82) is 0 Å². The van der Waals surface area contributed by atoms with Crippen LogP contribution in [0, 0.1) is 12.8 Å². The Morgan fingerprint density at radius 2 is 2.03 bits per heavy atom. The summed E-state index contributed by atoms with van der Waals surface area (Å²) < 4.78 is 2.01. The summed E-state index contributed by atoms with van der Waals surface area (Å²) in [6.45, 7) is 8.78. The molecule has 152 valence electrons. The van der Waals surface area contributed by atoms with Crippen LogP contribution < -0.4 is 4.90 Å². The lowest BCUT2D eigenvalue weighted by molar-refractivity contribution is -0.114. The first-order valence-corrected chi connectivity index (χ1v) is 10.4. The highest BCUT2D eigenvalue weighted by Gasteiger charge is 2.29. The molecule has 1 saturated heterocycles. The van der Waals surface area contributed by atoms with E-state index in [9.17, 15) is 9.59 Å². The lowest BCUT2D eigenvalue weighted by Crippen LogP contribution is -2.40. The van der Waals surface area contributed by atoms with Gasteiger partial charge in [0.15, 0.2) is 0 Å². The molecule has 2 aliphatic rings. The Hall–Kier alpha value is -2.89. The Bertz CT molecular complexity index is 925. The van der Waals surface area contributed by atoms with E-state index in [4.69, 9.17) is 0 Å². The number of amides is 2. The van der Waals surface area contributed by atoms with Gasteiger partial charge in [-0.2, -0.15) is 5.10 Å². The first-order valence-electron chi connectivity index (χ1n) is 10.4. The van der Waals surface area contributed by atoms with E-state index in [1.54, 1.807) is 4.90 Å². The second-order valence-corrected chi connectivity index (χ2v) is 8.08. The number of fused-ring (bicyclic) bond motifs is 1. The van der Waals surface area contributed by atoms with E-state index in [1.165, 1.54) is 11.6 Å². The van der Waals surface area contributed by atoms with Gasteiger partial charge in [0.1, 0.15) is 0 Å². The Balaban J connectivity index is 1.45. The topological polar surface area (TPSA) is 58.4 Å². The van der Waals surface area contributed by atoms with Gasteiger partial charge in [0.25, 0.3) is 5.91 Å². The van der Waals surface area contributed by atoms with E-state index in [-0.39, 0.29) is 11.8 Å². The highest BCUT2D eigenvalue weighted by atomic mass is 16.2. The van der Waals surface area contributed by atoms with Gasteiger partial charge in [-0.05, 0) is 67.9 Å². The van der Waals surface area contributed by atoms with E-state index >= 15 is 0 Å². The number of likely N-dealkylation sites (tertiary alicyclic amines) is 1. The number of hydrogen-bond donors (Lipinski definition) is 0. The molecule has 2 aromatic rings. The van der Waals surface area contributed by atoms with Crippen LogP contribution in [0.5, 0.6) is 0 Å². The number of anilines is 1. The monoisotopic (exact) mass is 392 g/mol. The number of rotatable bonds is 4. The molecule has 4 rings (SSSR count). The second kappa shape index (κ2) is 8.23. The van der Waals surface area contributed by atoms with Gasteiger partial charge in [-0.25, -0.2) is 0 Å². The molecular formula is C23H28N4O2. The number of hydrogen-bond acceptors (Lipinski definition) is 3. The maximum atomic E-state index is 13.3. The third kappa shape index (κ3) is 3.97. The number of aromatic nitrogens is 2. The molecule has 6 nitrogen and oxygen atoms in total. The van der Waals surface area contributed by atoms with Crippen LogP contribution in [0.15, 0.2) is 43.2 Å². The lowest BCUT2D eigenvalue weighted by Gasteiger charge is -2.34. The molecule has 0 atom stereocenters. The van der Waals surface area contributed by atoms with Crippen molar-refractivity contribution in [3.05, 3.63) is 59.9 Å². The minimum Gasteiger partial charge on any atom is -0.339 e. The SMILES string of the molecule is C=CC(=O)N1CCCc2c(C(=O)N3CCC(Cn4cc(C)cn4)CC3)cccc21. The van der Waals surface area contributed by atoms with Gasteiger partial charge in [-0.1, -0.05) is 12.6 Å². The second-order valence-electron chi connectivity index (χ2n) is 8.08. The van der Waals surface area contributed by atoms with Crippen LogP contribution >= 0.6 is 0 Å². The summed E-state index contributed by atoms with van der Waals surface area (Å²) in [5.41, 5.74) is 3.77. The minimum absolute atomic E-state index is 0.0862. The molecule has 1 aromatic carbocycles. The standard InChI is InChI=1S/C23H28N4O2/c1-3-22(28)27-11-5-7-19-20(6-4-8-21(19)27)23(29)25-12-9-18(10-13-25)16-26-15-17(2)14-24-26/h3-4,6,8,14-15,18H,1,5,7,9-13,16H2,2H3. The van der Waals surface area contributed by atoms with E-state index in [2.05, 4.69) is 24.8 Å². The Morgan fingerprint density at radius 3 is 2.72 bits per heavy atom. The molecule has 0 radical (unpaired) electrons. The Morgan fingerprint density at radius 1 is 1.24 bits per heavy atom. The zero-order valence-electron chi connectivity index (χ0n) is 17.0. The van der Waals surface area contributed by atoms with Crippen molar-refractivity contribution in [2.75, 3.05) is 24.5 Å². The number of benzene rings is 1. The van der Waals surface area contributed by atoms with Crippen molar-refractivity contribution < 1.29 is 9.59 Å². The summed E-state index contributed by atoms with van der Waals surface area (Å²) in [6, 6.07) is 5.72. The predicted molar refractivity (Wildman–Crippen MR) is 113 cm³/mol. The van der Waals surface area contributed by atoms with Crippen molar-refractivity contribution in [3.63, 3.8) is 0 Å². The van der Waals surface area contributed by atoms with Crippen LogP contribution in [0.25, 0.3) is 0 Å². The van der Waals surface area contributed by atoms with Gasteiger partial charge in [-0.3, -0.25) is 14.3 Å². The smallest absolute Gasteiger partial charge is 0.254 e. The zero-order valence-corrected chi connectivity index (χ0v) is 17.0. The molecular weight excluding hydrogens is 364 g/mol. The molecule has 0 aliphatic carbocycles. The molecule has 0 N–H and O–H groups in total. The van der Waals surface area contributed by atoms with Crippen LogP contribution in [0.3, 0.4) is 0 Å². The number of carbonyl (C=O) groups is 2. The molecule has 2 amide bonds. The fraction of sp³-hybridized carbons (Fsp3) is 0.435. The van der Waals surface area contributed by atoms with Crippen LogP contribution in [0.4, 0.5) is 5.69 Å². The first kappa shape index (κ1) is 19.4. The lowest BCUT2D eigenvalue weighted by atomic mass is 9.93. The first-order chi connectivity index (χ1) is 14.1. The highest BCUT2D eigenvalue weighted by molar-refractivity contribution is 6.04. The van der Waals surface area contributed by atoms with Crippen LogP contribution in [0.2, 0.25) is 0 Å². The summed E-state index contributed by atoms with van der Waals surface area (Å²) in [4.78, 5) is 29.2. The van der Waals surface area contributed by atoms with Crippen molar-refractivity contribution >= 4 is 17.5 Å². The fourth-order valence-electron chi connectivity index (χ4n) is 4.48. The molecule has 0 saturated carbocycles. The minimum atomic E-state index is -0.106. The largest absolute Gasteiger partial charge is 0.339 e. The highest BCUT2D eigenvalue weighted by Crippen LogP contribution is 2.31. The van der Waals surface area contributed by atoms with E-state index in [0.717, 1.165) is 62.1 Å². The Kier molecular flexibility index (Phi) is 5.51. The van der Waals surface area contributed by atoms with E-state index in [1.807, 2.05) is 34.0 Å². The van der Waals surface area contributed by atoms with Crippen molar-refractivity contribution in [1.82, 2.24) is 14.7 Å². The third-order valence-electron chi connectivity index (χ3n) is 6.03. The van der Waals surface area contributed by atoms with Gasteiger partial charge < -0.3 is 9.80 Å². The summed E-state index contributed by atoms with van der Waals surface area (Å²) in [5, 5.41) is 4.39. The maximum Gasteiger partial charge on any atom is 0.254 e. The summed E-state index contributed by atoms with van der Waals surface area (Å²) in [6.07, 6.45) is 8.97. The molecule has 2 aliphatic heterocycles. The zero-order chi connectivity index (χ0) is 20.4. The molecule has 1 fully saturated rings. The van der Waals surface area contributed by atoms with Crippen LogP contribution in [-0.2, 0) is 17.8 Å². The van der Waals surface area contributed by atoms with Gasteiger partial charge in [-0.15, -0.1) is 0 Å². The van der Waals surface area contributed by atoms with E-state index in [0.29, 0.717) is 12.5 Å². The molecule has 6 heteroatoms. The molecule has 1 aromatic heterocycles. The van der Waals surface area contributed by atoms with Crippen molar-refractivity contribution in [2.45, 2.75) is 39.2 Å². The number of carbonyl (C=O) groups excluding carboxylic acids is 2. The summed E-state index contributed by atoms with van der Waals surface area (Å²) in [5.74, 6) is 0.525. The van der Waals surface area contributed by atoms with Gasteiger partial charge >= 0.3 is 0 Å². The average Bonchev–Trinajstić information content (AvgIpc) is 3.16. The third-order valence-corrected chi connectivity index (χ3v) is 6.03. The molecule has 29 heavy (non-hydrogen) atoms. The summed E-state index contributed by atoms with van der Waals surface area (Å²) in [7, 11) is 0. The normalized spacial score (nSPS) is 17.1. The number of piperidine rings is 1. The number of nitrogens with zero attached hydrogens (tertiary/aromatic N) is 4. The van der Waals surface area contributed by atoms with Crippen molar-refractivity contribution in [3.8, 4) is 0 Å². The summed E-state index contributed by atoms with van der Waals surface area (Å²) >= 11 is 0. The quantitative estimate of drug-likeness (QED) is 0.751. The predicted octanol–water partition coefficient (Wildman–Crippen LogP) is 3.21. The maximum absolute atomic E-state index is 13.3. The Labute approximate surface area is 171 Å². The molecule has 0 spiro atoms.